The molecule has 0 radical (unpaired) electrons. The Kier molecular flexibility index (Phi) is 4.48. The number of aromatic nitrogens is 1. The van der Waals surface area contributed by atoms with E-state index in [4.69, 9.17) is 4.74 Å². The van der Waals surface area contributed by atoms with Gasteiger partial charge in [-0.2, -0.15) is 0 Å². The maximum absolute atomic E-state index is 11.2. The molecule has 3 aromatic carbocycles. The minimum atomic E-state index is -0.989. The van der Waals surface area contributed by atoms with E-state index in [0.717, 1.165) is 16.6 Å². The Balaban J connectivity index is 1.64. The summed E-state index contributed by atoms with van der Waals surface area (Å²) in [6.07, 6.45) is 0. The average molecular weight is 376 g/mol. The molecule has 27 heavy (non-hydrogen) atoms. The number of fused-ring (bicyclic) bond motifs is 1. The number of benzene rings is 3. The topological polar surface area (TPSA) is 71.5 Å². The van der Waals surface area contributed by atoms with Crippen molar-refractivity contribution in [2.75, 3.05) is 12.4 Å². The lowest BCUT2D eigenvalue weighted by Crippen LogP contribution is -2.00. The number of ether oxygens (including phenoxy) is 1. The van der Waals surface area contributed by atoms with Gasteiger partial charge in [0.05, 0.1) is 24.1 Å². The Morgan fingerprint density at radius 3 is 2.67 bits per heavy atom. The number of hydrogen-bond acceptors (Lipinski definition) is 5. The van der Waals surface area contributed by atoms with Crippen LogP contribution in [0.5, 0.6) is 5.75 Å². The van der Waals surface area contributed by atoms with Crippen molar-refractivity contribution in [1.82, 2.24) is 4.98 Å². The average Bonchev–Trinajstić information content (AvgIpc) is 3.16. The van der Waals surface area contributed by atoms with Crippen LogP contribution in [0, 0.1) is 0 Å². The van der Waals surface area contributed by atoms with Crippen LogP contribution in [0.4, 0.5) is 10.8 Å². The van der Waals surface area contributed by atoms with E-state index in [2.05, 4.69) is 34.6 Å². The first-order chi connectivity index (χ1) is 13.1. The third-order valence-corrected chi connectivity index (χ3v) is 5.00. The maximum Gasteiger partial charge on any atom is 0.335 e. The van der Waals surface area contributed by atoms with Gasteiger partial charge < -0.3 is 15.2 Å². The third-order valence-electron chi connectivity index (χ3n) is 4.24. The van der Waals surface area contributed by atoms with Gasteiger partial charge in [-0.05, 0) is 35.0 Å². The van der Waals surface area contributed by atoms with Crippen LogP contribution in [0.2, 0.25) is 0 Å². The molecule has 4 rings (SSSR count). The summed E-state index contributed by atoms with van der Waals surface area (Å²) >= 11 is 1.45. The van der Waals surface area contributed by atoms with E-state index in [9.17, 15) is 9.90 Å². The lowest BCUT2D eigenvalue weighted by molar-refractivity contribution is 0.0697. The number of thiazole rings is 1. The molecule has 4 aromatic rings. The number of hydrogen-bond donors (Lipinski definition) is 2. The van der Waals surface area contributed by atoms with Gasteiger partial charge in [-0.3, -0.25) is 0 Å². The molecule has 134 valence electrons. The molecular weight excluding hydrogens is 360 g/mol. The van der Waals surface area contributed by atoms with Gasteiger partial charge in [-0.1, -0.05) is 36.4 Å². The summed E-state index contributed by atoms with van der Waals surface area (Å²) in [7, 11) is 1.54. The smallest absolute Gasteiger partial charge is 0.335 e. The minimum Gasteiger partial charge on any atom is -0.495 e. The van der Waals surface area contributed by atoms with Crippen molar-refractivity contribution in [2.24, 2.45) is 0 Å². The Bertz CT molecular complexity index is 1140. The van der Waals surface area contributed by atoms with Crippen LogP contribution in [-0.2, 0) is 0 Å². The van der Waals surface area contributed by atoms with E-state index >= 15 is 0 Å². The molecule has 0 atom stereocenters. The van der Waals surface area contributed by atoms with E-state index < -0.39 is 5.97 Å². The molecule has 0 bridgehead atoms. The van der Waals surface area contributed by atoms with Crippen LogP contribution < -0.4 is 10.1 Å². The number of rotatable bonds is 5. The lowest BCUT2D eigenvalue weighted by atomic mass is 10.1. The molecule has 0 unspecified atom stereocenters. The van der Waals surface area contributed by atoms with Crippen LogP contribution in [-0.4, -0.2) is 23.2 Å². The molecule has 0 aliphatic carbocycles. The normalized spacial score (nSPS) is 10.7. The first-order valence-electron chi connectivity index (χ1n) is 8.27. The second-order valence-corrected chi connectivity index (χ2v) is 6.80. The van der Waals surface area contributed by atoms with E-state index in [1.165, 1.54) is 28.9 Å². The van der Waals surface area contributed by atoms with Crippen molar-refractivity contribution in [1.29, 1.82) is 0 Å². The number of methoxy groups -OCH3 is 1. The Morgan fingerprint density at radius 1 is 1.07 bits per heavy atom. The quantitative estimate of drug-likeness (QED) is 0.487. The zero-order valence-electron chi connectivity index (χ0n) is 14.5. The first kappa shape index (κ1) is 17.1. The highest BCUT2D eigenvalue weighted by Gasteiger charge is 2.12. The fourth-order valence-electron chi connectivity index (χ4n) is 2.87. The van der Waals surface area contributed by atoms with Gasteiger partial charge in [-0.25, -0.2) is 9.78 Å². The molecule has 6 heteroatoms. The predicted octanol–water partition coefficient (Wildman–Crippen LogP) is 5.41. The highest BCUT2D eigenvalue weighted by Crippen LogP contribution is 2.33. The highest BCUT2D eigenvalue weighted by atomic mass is 32.1. The number of anilines is 2. The van der Waals surface area contributed by atoms with Gasteiger partial charge in [0.2, 0.25) is 0 Å². The number of aromatic carboxylic acids is 1. The van der Waals surface area contributed by atoms with Gasteiger partial charge in [0.25, 0.3) is 0 Å². The SMILES string of the molecule is COc1ccc(C(=O)O)cc1Nc1nc(-c2ccc3ccccc3c2)cs1. The molecule has 0 saturated carbocycles. The van der Waals surface area contributed by atoms with Crippen molar-refractivity contribution >= 4 is 38.9 Å². The summed E-state index contributed by atoms with van der Waals surface area (Å²) in [6.45, 7) is 0. The predicted molar refractivity (Wildman–Crippen MR) is 108 cm³/mol. The number of carboxylic acid groups (broad SMARTS) is 1. The molecule has 0 amide bonds. The minimum absolute atomic E-state index is 0.185. The summed E-state index contributed by atoms with van der Waals surface area (Å²) in [4.78, 5) is 15.9. The van der Waals surface area contributed by atoms with E-state index in [1.807, 2.05) is 23.6 Å². The van der Waals surface area contributed by atoms with Gasteiger partial charge in [0.15, 0.2) is 5.13 Å². The van der Waals surface area contributed by atoms with Gasteiger partial charge >= 0.3 is 5.97 Å². The second-order valence-electron chi connectivity index (χ2n) is 5.95. The van der Waals surface area contributed by atoms with Gasteiger partial charge in [-0.15, -0.1) is 11.3 Å². The van der Waals surface area contributed by atoms with Gasteiger partial charge in [0, 0.05) is 10.9 Å². The van der Waals surface area contributed by atoms with Crippen molar-refractivity contribution in [2.45, 2.75) is 0 Å². The fraction of sp³-hybridized carbons (Fsp3) is 0.0476. The van der Waals surface area contributed by atoms with Crippen LogP contribution in [0.1, 0.15) is 10.4 Å². The number of nitrogens with zero attached hydrogens (tertiary/aromatic N) is 1. The summed E-state index contributed by atoms with van der Waals surface area (Å²) in [5.41, 5.74) is 2.65. The Hall–Kier alpha value is -3.38. The van der Waals surface area contributed by atoms with Gasteiger partial charge in [0.1, 0.15) is 5.75 Å². The van der Waals surface area contributed by atoms with Crippen molar-refractivity contribution in [3.05, 3.63) is 71.6 Å². The molecule has 0 aliphatic heterocycles. The highest BCUT2D eigenvalue weighted by molar-refractivity contribution is 7.14. The summed E-state index contributed by atoms with van der Waals surface area (Å²) in [5.74, 6) is -0.431. The van der Waals surface area contributed by atoms with Crippen molar-refractivity contribution in [3.63, 3.8) is 0 Å². The third kappa shape index (κ3) is 3.47. The monoisotopic (exact) mass is 376 g/mol. The lowest BCUT2D eigenvalue weighted by Gasteiger charge is -2.09. The van der Waals surface area contributed by atoms with Crippen LogP contribution in [0.25, 0.3) is 22.0 Å². The number of carboxylic acids is 1. The van der Waals surface area contributed by atoms with Crippen molar-refractivity contribution < 1.29 is 14.6 Å². The van der Waals surface area contributed by atoms with E-state index in [-0.39, 0.29) is 5.56 Å². The van der Waals surface area contributed by atoms with E-state index in [0.29, 0.717) is 16.6 Å². The molecule has 0 saturated heterocycles. The van der Waals surface area contributed by atoms with Crippen molar-refractivity contribution in [3.8, 4) is 17.0 Å². The zero-order chi connectivity index (χ0) is 18.8. The molecular formula is C21H16N2O3S. The summed E-state index contributed by atoms with van der Waals surface area (Å²) in [5, 5.41) is 17.3. The number of nitrogens with one attached hydrogen (secondary N) is 1. The Morgan fingerprint density at radius 2 is 1.89 bits per heavy atom. The zero-order valence-corrected chi connectivity index (χ0v) is 15.3. The molecule has 0 aliphatic rings. The molecule has 2 N–H and O–H groups in total. The summed E-state index contributed by atoms with van der Waals surface area (Å²) in [6, 6.07) is 19.1. The molecule has 0 fully saturated rings. The van der Waals surface area contributed by atoms with E-state index in [1.54, 1.807) is 13.2 Å². The van der Waals surface area contributed by atoms with Crippen LogP contribution in [0.3, 0.4) is 0 Å². The maximum atomic E-state index is 11.2. The second kappa shape index (κ2) is 7.09. The number of carbonyl (C=O) groups is 1. The summed E-state index contributed by atoms with van der Waals surface area (Å²) < 4.78 is 5.31. The largest absolute Gasteiger partial charge is 0.495 e. The Labute approximate surface area is 159 Å². The molecule has 5 nitrogen and oxygen atoms in total. The fourth-order valence-corrected chi connectivity index (χ4v) is 3.60. The standard InChI is InChI=1S/C21H16N2O3S/c1-26-19-9-8-16(20(24)25)11-17(19)22-21-23-18(12-27-21)15-7-6-13-4-2-3-5-14(13)10-15/h2-12H,1H3,(H,22,23)(H,24,25). The van der Waals surface area contributed by atoms with Crippen LogP contribution >= 0.6 is 11.3 Å². The van der Waals surface area contributed by atoms with Crippen LogP contribution in [0.15, 0.2) is 66.0 Å². The molecule has 1 aromatic heterocycles. The molecule has 1 heterocycles. The molecule has 0 spiro atoms. The first-order valence-corrected chi connectivity index (χ1v) is 9.15.